The Bertz CT molecular complexity index is 1720. The maximum absolute atomic E-state index is 11.6. The third kappa shape index (κ3) is 5.28. The van der Waals surface area contributed by atoms with Gasteiger partial charge >= 0.3 is 5.97 Å². The second kappa shape index (κ2) is 9.62. The lowest BCUT2D eigenvalue weighted by Gasteiger charge is -2.07. The number of rotatable bonds is 7. The molecule has 37 heavy (non-hydrogen) atoms. The second-order valence-electron chi connectivity index (χ2n) is 8.34. The van der Waals surface area contributed by atoms with Gasteiger partial charge in [0.25, 0.3) is 0 Å². The lowest BCUT2D eigenvalue weighted by Crippen LogP contribution is -2.11. The number of nitrogen functional groups attached to an aromatic ring is 1. The first-order chi connectivity index (χ1) is 17.7. The van der Waals surface area contributed by atoms with Crippen LogP contribution in [0.3, 0.4) is 0 Å². The van der Waals surface area contributed by atoms with E-state index in [0.717, 1.165) is 27.8 Å². The Morgan fingerprint density at radius 1 is 0.973 bits per heavy atom. The highest BCUT2D eigenvalue weighted by molar-refractivity contribution is 7.89. The number of thiazole rings is 1. The van der Waals surface area contributed by atoms with Gasteiger partial charge in [-0.2, -0.15) is 5.10 Å². The number of aromatic nitrogens is 3. The minimum absolute atomic E-state index is 0.0333. The summed E-state index contributed by atoms with van der Waals surface area (Å²) < 4.78 is 24.8. The van der Waals surface area contributed by atoms with Gasteiger partial charge in [0.15, 0.2) is 5.69 Å². The molecule has 0 saturated carbocycles. The van der Waals surface area contributed by atoms with Gasteiger partial charge in [-0.1, -0.05) is 42.5 Å². The van der Waals surface area contributed by atoms with Gasteiger partial charge < -0.3 is 10.8 Å². The molecule has 0 radical (unpaired) electrons. The number of nitrogens with two attached hydrogens (primary N) is 2. The topological polar surface area (TPSA) is 154 Å². The number of carboxylic acids is 1. The van der Waals surface area contributed by atoms with Gasteiger partial charge in [-0.15, -0.1) is 11.3 Å². The lowest BCUT2D eigenvalue weighted by molar-refractivity contribution is 0.0691. The van der Waals surface area contributed by atoms with Crippen LogP contribution in [0.4, 0.5) is 5.69 Å². The average molecular weight is 532 g/mol. The molecule has 0 spiro atoms. The molecule has 0 amide bonds. The first-order valence-corrected chi connectivity index (χ1v) is 13.5. The molecule has 0 aliphatic rings. The van der Waals surface area contributed by atoms with Crippen LogP contribution in [-0.2, 0) is 16.4 Å². The SMILES string of the molecule is Nc1cccc(-c2cccc(-c3nn(-c4nc(C(=O)O)cs4)cc3Cc3ccc(S(N)(=O)=O)cc3)c2)c1. The Morgan fingerprint density at radius 3 is 2.30 bits per heavy atom. The van der Waals surface area contributed by atoms with Gasteiger partial charge in [0.1, 0.15) is 0 Å². The molecule has 2 aromatic heterocycles. The summed E-state index contributed by atoms with van der Waals surface area (Å²) in [5.74, 6) is -1.11. The summed E-state index contributed by atoms with van der Waals surface area (Å²) in [5.41, 5.74) is 11.7. The Labute approximate surface area is 216 Å². The van der Waals surface area contributed by atoms with Crippen LogP contribution in [0.15, 0.2) is 89.3 Å². The summed E-state index contributed by atoms with van der Waals surface area (Å²) in [7, 11) is -3.79. The lowest BCUT2D eigenvalue weighted by atomic mass is 9.98. The zero-order valence-corrected chi connectivity index (χ0v) is 20.9. The van der Waals surface area contributed by atoms with E-state index in [0.29, 0.717) is 22.9 Å². The normalized spacial score (nSPS) is 11.5. The smallest absolute Gasteiger partial charge is 0.355 e. The van der Waals surface area contributed by atoms with Gasteiger partial charge in [0, 0.05) is 34.8 Å². The van der Waals surface area contributed by atoms with Crippen LogP contribution in [-0.4, -0.2) is 34.3 Å². The van der Waals surface area contributed by atoms with E-state index in [1.165, 1.54) is 28.8 Å². The van der Waals surface area contributed by atoms with Crippen LogP contribution < -0.4 is 10.9 Å². The fourth-order valence-electron chi connectivity index (χ4n) is 3.93. The van der Waals surface area contributed by atoms with Gasteiger partial charge in [-0.3, -0.25) is 0 Å². The maximum atomic E-state index is 11.6. The molecule has 0 saturated heterocycles. The fourth-order valence-corrected chi connectivity index (χ4v) is 5.17. The Morgan fingerprint density at radius 2 is 1.65 bits per heavy atom. The highest BCUT2D eigenvalue weighted by atomic mass is 32.2. The van der Waals surface area contributed by atoms with E-state index in [2.05, 4.69) is 4.98 Å². The van der Waals surface area contributed by atoms with Crippen LogP contribution >= 0.6 is 11.3 Å². The van der Waals surface area contributed by atoms with Crippen molar-refractivity contribution in [3.05, 3.63) is 101 Å². The van der Waals surface area contributed by atoms with Crippen LogP contribution in [0.2, 0.25) is 0 Å². The summed E-state index contributed by atoms with van der Waals surface area (Å²) in [4.78, 5) is 15.5. The molecule has 3 aromatic carbocycles. The van der Waals surface area contributed by atoms with Crippen LogP contribution in [0.1, 0.15) is 21.6 Å². The summed E-state index contributed by atoms with van der Waals surface area (Å²) in [6.45, 7) is 0. The molecule has 186 valence electrons. The Hall–Kier alpha value is -4.32. The van der Waals surface area contributed by atoms with Gasteiger partial charge in [0.05, 0.1) is 10.6 Å². The minimum atomic E-state index is -3.79. The standard InChI is InChI=1S/C26H21N5O4S2/c27-21-6-2-4-18(13-21)17-3-1-5-19(12-17)24-20(11-16-7-9-22(10-8-16)37(28,34)35)14-31(30-24)26-29-23(15-36-26)25(32)33/h1-10,12-15H,11,27H2,(H,32,33)(H2,28,34,35). The number of sulfonamides is 1. The molecule has 9 nitrogen and oxygen atoms in total. The second-order valence-corrected chi connectivity index (χ2v) is 10.7. The third-order valence-electron chi connectivity index (χ3n) is 5.70. The average Bonchev–Trinajstić information content (AvgIpc) is 3.52. The van der Waals surface area contributed by atoms with Crippen molar-refractivity contribution in [3.8, 4) is 27.5 Å². The van der Waals surface area contributed by atoms with Gasteiger partial charge in [-0.25, -0.2) is 28.0 Å². The van der Waals surface area contributed by atoms with Crippen molar-refractivity contribution in [2.75, 3.05) is 5.73 Å². The van der Waals surface area contributed by atoms with E-state index in [9.17, 15) is 18.3 Å². The maximum Gasteiger partial charge on any atom is 0.355 e. The highest BCUT2D eigenvalue weighted by Crippen LogP contribution is 2.31. The first kappa shape index (κ1) is 24.4. The number of hydrogen-bond donors (Lipinski definition) is 3. The van der Waals surface area contributed by atoms with Gasteiger partial charge in [0.2, 0.25) is 15.2 Å². The van der Waals surface area contributed by atoms with Crippen molar-refractivity contribution in [3.63, 3.8) is 0 Å². The molecule has 0 atom stereocenters. The molecule has 0 aliphatic heterocycles. The molecule has 5 N–H and O–H groups in total. The minimum Gasteiger partial charge on any atom is -0.476 e. The van der Waals surface area contributed by atoms with E-state index in [1.807, 2.05) is 48.5 Å². The molecule has 0 fully saturated rings. The van der Waals surface area contributed by atoms with Crippen molar-refractivity contribution in [1.29, 1.82) is 0 Å². The molecule has 11 heteroatoms. The Kier molecular flexibility index (Phi) is 6.34. The molecule has 5 aromatic rings. The van der Waals surface area contributed by atoms with Crippen molar-refractivity contribution < 1.29 is 18.3 Å². The third-order valence-corrected chi connectivity index (χ3v) is 7.46. The molecular weight excluding hydrogens is 510 g/mol. The van der Waals surface area contributed by atoms with E-state index < -0.39 is 16.0 Å². The fraction of sp³-hybridized carbons (Fsp3) is 0.0385. The monoisotopic (exact) mass is 531 g/mol. The number of nitrogens with zero attached hydrogens (tertiary/aromatic N) is 3. The summed E-state index contributed by atoms with van der Waals surface area (Å²) in [5, 5.41) is 21.1. The number of primary sulfonamides is 1. The van der Waals surface area contributed by atoms with E-state index in [4.69, 9.17) is 16.0 Å². The van der Waals surface area contributed by atoms with Gasteiger partial charge in [-0.05, 0) is 47.0 Å². The zero-order valence-electron chi connectivity index (χ0n) is 19.3. The molecule has 5 rings (SSSR count). The molecule has 0 bridgehead atoms. The first-order valence-electron chi connectivity index (χ1n) is 11.0. The van der Waals surface area contributed by atoms with Crippen LogP contribution in [0.25, 0.3) is 27.5 Å². The summed E-state index contributed by atoms with van der Waals surface area (Å²) in [6, 6.07) is 21.8. The predicted molar refractivity (Wildman–Crippen MR) is 142 cm³/mol. The van der Waals surface area contributed by atoms with Crippen molar-refractivity contribution in [2.45, 2.75) is 11.3 Å². The quantitative estimate of drug-likeness (QED) is 0.266. The number of aromatic carboxylic acids is 1. The molecule has 0 aliphatic carbocycles. The number of benzene rings is 3. The summed E-state index contributed by atoms with van der Waals surface area (Å²) >= 11 is 1.17. The number of carbonyl (C=O) groups is 1. The van der Waals surface area contributed by atoms with E-state index >= 15 is 0 Å². The van der Waals surface area contributed by atoms with E-state index in [-0.39, 0.29) is 10.6 Å². The highest BCUT2D eigenvalue weighted by Gasteiger charge is 2.17. The molecule has 2 heterocycles. The van der Waals surface area contributed by atoms with Crippen molar-refractivity contribution in [1.82, 2.24) is 14.8 Å². The molecular formula is C26H21N5O4S2. The van der Waals surface area contributed by atoms with Crippen molar-refractivity contribution in [2.24, 2.45) is 5.14 Å². The largest absolute Gasteiger partial charge is 0.476 e. The predicted octanol–water partition coefficient (Wildman–Crippen LogP) is 4.18. The summed E-state index contributed by atoms with van der Waals surface area (Å²) in [6.07, 6.45) is 2.25. The number of anilines is 1. The Balaban J connectivity index is 1.58. The number of carboxylic acid groups (broad SMARTS) is 1. The van der Waals surface area contributed by atoms with Crippen LogP contribution in [0.5, 0.6) is 0 Å². The van der Waals surface area contributed by atoms with E-state index in [1.54, 1.807) is 23.0 Å². The zero-order chi connectivity index (χ0) is 26.2. The molecule has 0 unspecified atom stereocenters. The van der Waals surface area contributed by atoms with Crippen LogP contribution in [0, 0.1) is 0 Å². The van der Waals surface area contributed by atoms with Crippen molar-refractivity contribution >= 4 is 33.0 Å². The number of hydrogen-bond acceptors (Lipinski definition) is 7.